The molecule has 0 bridgehead atoms. The lowest BCUT2D eigenvalue weighted by molar-refractivity contribution is -0.158. The van der Waals surface area contributed by atoms with Gasteiger partial charge in [-0.15, -0.1) is 0 Å². The molecule has 39 heavy (non-hydrogen) atoms. The first-order chi connectivity index (χ1) is 18.1. The fourth-order valence-corrected chi connectivity index (χ4v) is 5.04. The third kappa shape index (κ3) is 5.61. The Balaban J connectivity index is 1.55. The van der Waals surface area contributed by atoms with Crippen molar-refractivity contribution in [2.75, 3.05) is 23.8 Å². The number of nitrogens with zero attached hydrogens (tertiary/aromatic N) is 3. The smallest absolute Gasteiger partial charge is 0.433 e. The average Bonchev–Trinajstić information content (AvgIpc) is 3.46. The highest BCUT2D eigenvalue weighted by atomic mass is 19.4. The molecule has 0 spiro atoms. The van der Waals surface area contributed by atoms with Crippen molar-refractivity contribution >= 4 is 22.7 Å². The lowest BCUT2D eigenvalue weighted by atomic mass is 10.1. The van der Waals surface area contributed by atoms with Crippen LogP contribution in [0.15, 0.2) is 22.7 Å². The molecule has 3 N–H and O–H groups in total. The Morgan fingerprint density at radius 3 is 2.46 bits per heavy atom. The van der Waals surface area contributed by atoms with Crippen molar-refractivity contribution in [3.63, 3.8) is 0 Å². The van der Waals surface area contributed by atoms with E-state index in [1.54, 1.807) is 13.8 Å². The number of anilines is 2. The maximum Gasteiger partial charge on any atom is 0.433 e. The van der Waals surface area contributed by atoms with Crippen molar-refractivity contribution in [2.45, 2.75) is 63.6 Å². The summed E-state index contributed by atoms with van der Waals surface area (Å²) >= 11 is 0. The van der Waals surface area contributed by atoms with Gasteiger partial charge in [0.15, 0.2) is 11.4 Å². The van der Waals surface area contributed by atoms with Gasteiger partial charge in [0.05, 0.1) is 29.6 Å². The molecule has 212 valence electrons. The molecule has 3 aromatic heterocycles. The van der Waals surface area contributed by atoms with Crippen LogP contribution >= 0.6 is 0 Å². The molecule has 1 aliphatic heterocycles. The molecular formula is C24H25F6N5O4. The minimum absolute atomic E-state index is 0.0678. The number of hydrogen-bond donors (Lipinski definition) is 3. The zero-order valence-corrected chi connectivity index (χ0v) is 20.9. The topological polar surface area (TPSA) is 115 Å². The van der Waals surface area contributed by atoms with Gasteiger partial charge < -0.3 is 29.6 Å². The van der Waals surface area contributed by atoms with E-state index in [0.717, 1.165) is 12.3 Å². The second-order valence-electron chi connectivity index (χ2n) is 10.0. The Labute approximate surface area is 217 Å². The van der Waals surface area contributed by atoms with Crippen LogP contribution in [0.5, 0.6) is 0 Å². The molecule has 2 fully saturated rings. The van der Waals surface area contributed by atoms with Crippen LogP contribution in [0.25, 0.3) is 22.3 Å². The Hall–Kier alpha value is -3.17. The Morgan fingerprint density at radius 1 is 1.08 bits per heavy atom. The number of aliphatic hydroxyl groups is 1. The summed E-state index contributed by atoms with van der Waals surface area (Å²) in [5.41, 5.74) is -0.594. The summed E-state index contributed by atoms with van der Waals surface area (Å²) in [6.07, 6.45) is -8.80. The third-order valence-corrected chi connectivity index (χ3v) is 6.62. The van der Waals surface area contributed by atoms with Crippen molar-refractivity contribution < 1.29 is 45.3 Å². The molecule has 5 rings (SSSR count). The quantitative estimate of drug-likeness (QED) is 0.362. The van der Waals surface area contributed by atoms with Gasteiger partial charge in [-0.1, -0.05) is 0 Å². The van der Waals surface area contributed by atoms with E-state index in [4.69, 9.17) is 13.9 Å². The van der Waals surface area contributed by atoms with Crippen molar-refractivity contribution in [3.05, 3.63) is 29.7 Å². The van der Waals surface area contributed by atoms with Gasteiger partial charge in [0.1, 0.15) is 29.9 Å². The molecule has 1 saturated carbocycles. The maximum absolute atomic E-state index is 13.2. The van der Waals surface area contributed by atoms with Gasteiger partial charge in [0.25, 0.3) is 0 Å². The lowest BCUT2D eigenvalue weighted by Crippen LogP contribution is -2.35. The van der Waals surface area contributed by atoms with Crippen molar-refractivity contribution in [2.24, 2.45) is 5.92 Å². The number of rotatable bonds is 6. The molecule has 0 unspecified atom stereocenters. The normalized spacial score (nSPS) is 24.8. The van der Waals surface area contributed by atoms with Gasteiger partial charge in [0.2, 0.25) is 5.95 Å². The molecule has 0 radical (unpaired) electrons. The molecule has 2 aliphatic rings. The second kappa shape index (κ2) is 9.48. The first kappa shape index (κ1) is 27.4. The first-order valence-electron chi connectivity index (χ1n) is 12.0. The fourth-order valence-electron chi connectivity index (χ4n) is 5.04. The number of aliphatic hydroxyl groups excluding tert-OH is 1. The molecule has 0 aromatic carbocycles. The number of alkyl halides is 6. The van der Waals surface area contributed by atoms with E-state index in [-0.39, 0.29) is 52.3 Å². The Bertz CT molecular complexity index is 1380. The summed E-state index contributed by atoms with van der Waals surface area (Å²) < 4.78 is 95.9. The van der Waals surface area contributed by atoms with Crippen LogP contribution in [0.2, 0.25) is 0 Å². The predicted octanol–water partition coefficient (Wildman–Crippen LogP) is 4.90. The van der Waals surface area contributed by atoms with Gasteiger partial charge in [-0.2, -0.15) is 31.3 Å². The first-order valence-corrected chi connectivity index (χ1v) is 12.0. The molecule has 9 nitrogen and oxygen atoms in total. The fraction of sp³-hybridized carbons (Fsp3) is 0.542. The number of aromatic nitrogens is 3. The number of aryl methyl sites for hydroxylation is 1. The average molecular weight is 561 g/mol. The van der Waals surface area contributed by atoms with Crippen LogP contribution in [-0.4, -0.2) is 63.4 Å². The SMILES string of the molecule is Cc1nc(NCC(F)(F)F)nc(N[C@@H]2C[C@H](CO)[C@H]3OC(C)(C)O[C@H]32)c1-c1cc2cc(C(F)(F)F)ncc2o1. The molecular weight excluding hydrogens is 536 g/mol. The highest BCUT2D eigenvalue weighted by Gasteiger charge is 2.54. The van der Waals surface area contributed by atoms with Gasteiger partial charge in [-0.05, 0) is 39.3 Å². The van der Waals surface area contributed by atoms with Gasteiger partial charge in [-0.25, -0.2) is 9.97 Å². The van der Waals surface area contributed by atoms with E-state index in [0.29, 0.717) is 6.42 Å². The summed E-state index contributed by atoms with van der Waals surface area (Å²) in [5, 5.41) is 15.4. The molecule has 0 amide bonds. The van der Waals surface area contributed by atoms with Crippen molar-refractivity contribution in [3.8, 4) is 11.3 Å². The van der Waals surface area contributed by atoms with E-state index in [1.807, 2.05) is 0 Å². The minimum atomic E-state index is -4.66. The molecule has 3 aromatic rings. The molecule has 15 heteroatoms. The standard InChI is InChI=1S/C24H25F6N5O4/c1-10-17(14-5-11-6-16(24(28,29)30)31-7-15(11)37-14)20(35-21(33-10)32-9-23(25,26)27)34-13-4-12(8-36)18-19(13)39-22(2,3)38-18/h5-7,12-13,18-19,36H,4,8-9H2,1-3H3,(H2,32,33,34,35)/t12-,13-,18-,19+/m1/s1. The number of pyridine rings is 1. The molecule has 1 saturated heterocycles. The number of fused-ring (bicyclic) bond motifs is 2. The van der Waals surface area contributed by atoms with Crippen LogP contribution in [0.3, 0.4) is 0 Å². The van der Waals surface area contributed by atoms with E-state index >= 15 is 0 Å². The predicted molar refractivity (Wildman–Crippen MR) is 126 cm³/mol. The summed E-state index contributed by atoms with van der Waals surface area (Å²) in [6.45, 7) is 3.42. The van der Waals surface area contributed by atoms with Crippen molar-refractivity contribution in [1.29, 1.82) is 0 Å². The van der Waals surface area contributed by atoms with Crippen molar-refractivity contribution in [1.82, 2.24) is 15.0 Å². The highest BCUT2D eigenvalue weighted by molar-refractivity contribution is 5.86. The number of hydrogen-bond acceptors (Lipinski definition) is 9. The van der Waals surface area contributed by atoms with E-state index in [1.165, 1.54) is 13.0 Å². The second-order valence-corrected chi connectivity index (χ2v) is 10.0. The van der Waals surface area contributed by atoms with Gasteiger partial charge >= 0.3 is 12.4 Å². The van der Waals surface area contributed by atoms with E-state index in [2.05, 4.69) is 25.6 Å². The monoisotopic (exact) mass is 561 g/mol. The largest absolute Gasteiger partial charge is 0.454 e. The Morgan fingerprint density at radius 2 is 1.79 bits per heavy atom. The third-order valence-electron chi connectivity index (χ3n) is 6.62. The molecule has 4 atom stereocenters. The Kier molecular flexibility index (Phi) is 6.66. The van der Waals surface area contributed by atoms with Gasteiger partial charge in [-0.3, -0.25) is 0 Å². The molecule has 1 aliphatic carbocycles. The number of nitrogens with one attached hydrogen (secondary N) is 2. The number of ether oxygens (including phenoxy) is 2. The lowest BCUT2D eigenvalue weighted by Gasteiger charge is -2.25. The van der Waals surface area contributed by atoms with Crippen LogP contribution < -0.4 is 10.6 Å². The summed E-state index contributed by atoms with van der Waals surface area (Å²) in [4.78, 5) is 11.8. The van der Waals surface area contributed by atoms with Crippen LogP contribution in [0, 0.1) is 12.8 Å². The van der Waals surface area contributed by atoms with Crippen LogP contribution in [0.4, 0.5) is 38.1 Å². The zero-order valence-electron chi connectivity index (χ0n) is 20.9. The maximum atomic E-state index is 13.2. The van der Waals surface area contributed by atoms with Crippen LogP contribution in [0.1, 0.15) is 31.7 Å². The number of halogens is 6. The van der Waals surface area contributed by atoms with E-state index < -0.39 is 48.6 Å². The summed E-state index contributed by atoms with van der Waals surface area (Å²) in [7, 11) is 0. The van der Waals surface area contributed by atoms with Crippen LogP contribution in [-0.2, 0) is 15.7 Å². The van der Waals surface area contributed by atoms with E-state index in [9.17, 15) is 31.4 Å². The van der Waals surface area contributed by atoms with Gasteiger partial charge in [0, 0.05) is 17.9 Å². The highest BCUT2D eigenvalue weighted by Crippen LogP contribution is 2.44. The summed E-state index contributed by atoms with van der Waals surface area (Å²) in [5.74, 6) is -1.35. The number of furan rings is 1. The minimum Gasteiger partial charge on any atom is -0.454 e. The summed E-state index contributed by atoms with van der Waals surface area (Å²) in [6, 6.07) is 1.72. The molecule has 4 heterocycles. The zero-order chi connectivity index (χ0) is 28.3.